The van der Waals surface area contributed by atoms with E-state index in [1.165, 1.54) is 4.57 Å². The fourth-order valence-electron chi connectivity index (χ4n) is 3.34. The van der Waals surface area contributed by atoms with E-state index in [0.29, 0.717) is 44.3 Å². The van der Waals surface area contributed by atoms with Gasteiger partial charge in [0.15, 0.2) is 11.2 Å². The lowest BCUT2D eigenvalue weighted by Crippen LogP contribution is -2.39. The summed E-state index contributed by atoms with van der Waals surface area (Å²) in [5, 5.41) is 4.63. The van der Waals surface area contributed by atoms with Crippen molar-refractivity contribution in [3.63, 3.8) is 0 Å². The van der Waals surface area contributed by atoms with E-state index in [1.807, 2.05) is 12.1 Å². The minimum atomic E-state index is -0.467. The van der Waals surface area contributed by atoms with Gasteiger partial charge in [-0.1, -0.05) is 53.0 Å². The van der Waals surface area contributed by atoms with Crippen LogP contribution in [0, 0.1) is 0 Å². The lowest BCUT2D eigenvalue weighted by atomic mass is 10.2. The van der Waals surface area contributed by atoms with Crippen LogP contribution in [0.15, 0.2) is 52.1 Å². The SMILES string of the molecule is Cn1c(NCc2ccc(Cl)cc2)nc2c1c(=O)n(Cc1ccc(Cl)c(Cl)c1)c(=O)n2C. The summed E-state index contributed by atoms with van der Waals surface area (Å²) in [7, 11) is 3.32. The van der Waals surface area contributed by atoms with Crippen molar-refractivity contribution in [3.8, 4) is 0 Å². The number of hydrogen-bond acceptors (Lipinski definition) is 4. The lowest BCUT2D eigenvalue weighted by Gasteiger charge is -2.09. The van der Waals surface area contributed by atoms with Gasteiger partial charge in [0.1, 0.15) is 0 Å². The van der Waals surface area contributed by atoms with E-state index in [4.69, 9.17) is 34.8 Å². The van der Waals surface area contributed by atoms with Gasteiger partial charge in [-0.05, 0) is 35.4 Å². The Balaban J connectivity index is 1.73. The molecule has 4 aromatic rings. The van der Waals surface area contributed by atoms with E-state index < -0.39 is 11.2 Å². The molecule has 31 heavy (non-hydrogen) atoms. The van der Waals surface area contributed by atoms with Crippen LogP contribution < -0.4 is 16.6 Å². The van der Waals surface area contributed by atoms with Crippen LogP contribution >= 0.6 is 34.8 Å². The fourth-order valence-corrected chi connectivity index (χ4v) is 3.79. The van der Waals surface area contributed by atoms with Crippen LogP contribution in [0.4, 0.5) is 5.95 Å². The van der Waals surface area contributed by atoms with Crippen LogP contribution in [0.1, 0.15) is 11.1 Å². The highest BCUT2D eigenvalue weighted by Crippen LogP contribution is 2.23. The molecule has 2 heterocycles. The van der Waals surface area contributed by atoms with E-state index in [0.717, 1.165) is 10.1 Å². The molecule has 160 valence electrons. The summed E-state index contributed by atoms with van der Waals surface area (Å²) >= 11 is 18.0. The summed E-state index contributed by atoms with van der Waals surface area (Å²) in [5.74, 6) is 0.476. The number of nitrogens with one attached hydrogen (secondary N) is 1. The molecule has 10 heteroatoms. The van der Waals surface area contributed by atoms with Crippen LogP contribution in [0.5, 0.6) is 0 Å². The number of rotatable bonds is 5. The highest BCUT2D eigenvalue weighted by atomic mass is 35.5. The monoisotopic (exact) mass is 477 g/mol. The molecule has 1 N–H and O–H groups in total. The number of hydrogen-bond donors (Lipinski definition) is 1. The second kappa shape index (κ2) is 8.42. The first-order chi connectivity index (χ1) is 14.8. The van der Waals surface area contributed by atoms with Crippen LogP contribution in [0.25, 0.3) is 11.2 Å². The number of fused-ring (bicyclic) bond motifs is 1. The summed E-state index contributed by atoms with van der Waals surface area (Å²) in [4.78, 5) is 30.5. The Hall–Kier alpha value is -2.74. The second-order valence-corrected chi connectivity index (χ2v) is 8.38. The molecule has 0 unspecified atom stereocenters. The maximum atomic E-state index is 13.2. The molecule has 0 bridgehead atoms. The zero-order valence-electron chi connectivity index (χ0n) is 16.7. The van der Waals surface area contributed by atoms with Crippen molar-refractivity contribution in [3.05, 3.63) is 89.5 Å². The first-order valence-electron chi connectivity index (χ1n) is 9.34. The van der Waals surface area contributed by atoms with Crippen LogP contribution in [0.3, 0.4) is 0 Å². The average molecular weight is 479 g/mol. The highest BCUT2D eigenvalue weighted by molar-refractivity contribution is 6.42. The van der Waals surface area contributed by atoms with Gasteiger partial charge < -0.3 is 9.88 Å². The van der Waals surface area contributed by atoms with E-state index in [-0.39, 0.29) is 6.54 Å². The maximum Gasteiger partial charge on any atom is 0.332 e. The molecule has 0 aliphatic rings. The van der Waals surface area contributed by atoms with Gasteiger partial charge in [-0.15, -0.1) is 0 Å². The molecule has 0 fully saturated rings. The zero-order valence-corrected chi connectivity index (χ0v) is 19.0. The fraction of sp³-hybridized carbons (Fsp3) is 0.190. The number of aryl methyl sites for hydroxylation is 2. The molecule has 0 saturated heterocycles. The first kappa shape index (κ1) is 21.5. The Labute approximate surface area is 192 Å². The third-order valence-electron chi connectivity index (χ3n) is 5.05. The van der Waals surface area contributed by atoms with Gasteiger partial charge in [-0.25, -0.2) is 4.79 Å². The van der Waals surface area contributed by atoms with Gasteiger partial charge in [-0.2, -0.15) is 4.98 Å². The van der Waals surface area contributed by atoms with Crippen molar-refractivity contribution in [2.24, 2.45) is 14.1 Å². The number of imidazole rings is 1. The number of halogens is 3. The van der Waals surface area contributed by atoms with Crippen molar-refractivity contribution < 1.29 is 0 Å². The van der Waals surface area contributed by atoms with E-state index >= 15 is 0 Å². The van der Waals surface area contributed by atoms with Crippen molar-refractivity contribution in [2.75, 3.05) is 5.32 Å². The molecule has 0 amide bonds. The Morgan fingerprint density at radius 3 is 2.26 bits per heavy atom. The minimum absolute atomic E-state index is 0.0665. The Morgan fingerprint density at radius 1 is 0.903 bits per heavy atom. The molecule has 0 aliphatic carbocycles. The van der Waals surface area contributed by atoms with Crippen LogP contribution in [-0.2, 0) is 27.2 Å². The van der Waals surface area contributed by atoms with Gasteiger partial charge >= 0.3 is 5.69 Å². The van der Waals surface area contributed by atoms with Crippen LogP contribution in [0.2, 0.25) is 15.1 Å². The molecule has 0 aliphatic heterocycles. The normalized spacial score (nSPS) is 11.3. The van der Waals surface area contributed by atoms with E-state index in [2.05, 4.69) is 10.3 Å². The van der Waals surface area contributed by atoms with Crippen molar-refractivity contribution in [2.45, 2.75) is 13.1 Å². The van der Waals surface area contributed by atoms with E-state index in [1.54, 1.807) is 49.0 Å². The Bertz CT molecular complexity index is 1400. The summed E-state index contributed by atoms with van der Waals surface area (Å²) in [6.45, 7) is 0.552. The van der Waals surface area contributed by atoms with E-state index in [9.17, 15) is 9.59 Å². The standard InChI is InChI=1S/C21H18Cl3N5O2/c1-27-17-18(26-20(27)25-10-12-3-6-14(22)7-4-12)28(2)21(31)29(19(17)30)11-13-5-8-15(23)16(24)9-13/h3-9H,10-11H2,1-2H3,(H,25,26). The zero-order chi connectivity index (χ0) is 22.3. The molecule has 2 aromatic carbocycles. The summed E-state index contributed by atoms with van der Waals surface area (Å²) < 4.78 is 4.17. The van der Waals surface area contributed by atoms with Gasteiger partial charge in [0.05, 0.1) is 16.6 Å². The third kappa shape index (κ3) is 4.08. The summed E-state index contributed by atoms with van der Waals surface area (Å²) in [6, 6.07) is 12.4. The average Bonchev–Trinajstić information content (AvgIpc) is 3.08. The molecule has 0 saturated carbocycles. The molecular weight excluding hydrogens is 461 g/mol. The smallest absolute Gasteiger partial charge is 0.332 e. The minimum Gasteiger partial charge on any atom is -0.352 e. The molecule has 2 aromatic heterocycles. The highest BCUT2D eigenvalue weighted by Gasteiger charge is 2.18. The van der Waals surface area contributed by atoms with Crippen LogP contribution in [-0.4, -0.2) is 18.7 Å². The quantitative estimate of drug-likeness (QED) is 0.469. The van der Waals surface area contributed by atoms with Gasteiger partial charge in [0, 0.05) is 25.7 Å². The number of anilines is 1. The molecule has 7 nitrogen and oxygen atoms in total. The molecule has 4 rings (SSSR count). The predicted octanol–water partition coefficient (Wildman–Crippen LogP) is 4.05. The lowest BCUT2D eigenvalue weighted by molar-refractivity contribution is 0.655. The predicted molar refractivity (Wildman–Crippen MR) is 125 cm³/mol. The topological polar surface area (TPSA) is 73.8 Å². The summed E-state index contributed by atoms with van der Waals surface area (Å²) in [5.41, 5.74) is 1.42. The Morgan fingerprint density at radius 2 is 1.58 bits per heavy atom. The second-order valence-electron chi connectivity index (χ2n) is 7.13. The number of nitrogens with zero attached hydrogens (tertiary/aromatic N) is 4. The van der Waals surface area contributed by atoms with Crippen molar-refractivity contribution in [1.82, 2.24) is 18.7 Å². The van der Waals surface area contributed by atoms with Crippen molar-refractivity contribution >= 4 is 51.9 Å². The Kier molecular flexibility index (Phi) is 5.83. The maximum absolute atomic E-state index is 13.2. The van der Waals surface area contributed by atoms with Gasteiger partial charge in [-0.3, -0.25) is 13.9 Å². The first-order valence-corrected chi connectivity index (χ1v) is 10.5. The van der Waals surface area contributed by atoms with Gasteiger partial charge in [0.2, 0.25) is 5.95 Å². The number of aromatic nitrogens is 4. The largest absolute Gasteiger partial charge is 0.352 e. The van der Waals surface area contributed by atoms with Crippen molar-refractivity contribution in [1.29, 1.82) is 0 Å². The number of benzene rings is 2. The molecule has 0 radical (unpaired) electrons. The third-order valence-corrected chi connectivity index (χ3v) is 6.04. The molecule has 0 spiro atoms. The molecule has 0 atom stereocenters. The van der Waals surface area contributed by atoms with Gasteiger partial charge in [0.25, 0.3) is 5.56 Å². The molecular formula is C21H18Cl3N5O2. The summed E-state index contributed by atoms with van der Waals surface area (Å²) in [6.07, 6.45) is 0.